The summed E-state index contributed by atoms with van der Waals surface area (Å²) in [6, 6.07) is 6.14. The number of carbonyl (C=O) groups is 3. The van der Waals surface area contributed by atoms with E-state index in [1.807, 2.05) is 73.2 Å². The third-order valence-electron chi connectivity index (χ3n) is 12.3. The van der Waals surface area contributed by atoms with Crippen LogP contribution in [0.15, 0.2) is 43.4 Å². The predicted molar refractivity (Wildman–Crippen MR) is 288 cm³/mol. The summed E-state index contributed by atoms with van der Waals surface area (Å²) in [4.78, 5) is 108. The topological polar surface area (TPSA) is 297 Å². The van der Waals surface area contributed by atoms with Gasteiger partial charge in [0.1, 0.15) is 12.1 Å². The summed E-state index contributed by atoms with van der Waals surface area (Å²) < 4.78 is 32.8. The smallest absolute Gasteiger partial charge is 0.349 e. The number of aromatic nitrogens is 8. The van der Waals surface area contributed by atoms with Crippen LogP contribution in [-0.4, -0.2) is 122 Å². The van der Waals surface area contributed by atoms with Gasteiger partial charge in [-0.15, -0.1) is 0 Å². The van der Waals surface area contributed by atoms with Gasteiger partial charge >= 0.3 is 29.3 Å². The molecule has 2 aromatic rings. The Kier molecular flexibility index (Phi) is 21.9. The Morgan fingerprint density at radius 3 is 1.72 bits per heavy atom. The van der Waals surface area contributed by atoms with E-state index in [0.717, 1.165) is 52.7 Å². The number of H-pyrrole nitrogens is 2. The van der Waals surface area contributed by atoms with Crippen molar-refractivity contribution in [2.75, 3.05) is 58.1 Å². The molecule has 0 bridgehead atoms. The lowest BCUT2D eigenvalue weighted by Gasteiger charge is -2.26. The van der Waals surface area contributed by atoms with E-state index in [0.29, 0.717) is 75.9 Å². The molecule has 4 aliphatic heterocycles. The van der Waals surface area contributed by atoms with Crippen LogP contribution in [0.2, 0.25) is 0 Å². The molecular weight excluding hydrogens is 988 g/mol. The van der Waals surface area contributed by atoms with Gasteiger partial charge in [0.15, 0.2) is 23.0 Å². The summed E-state index contributed by atoms with van der Waals surface area (Å²) in [6.45, 7) is 17.6. The Morgan fingerprint density at radius 2 is 1.17 bits per heavy atom. The van der Waals surface area contributed by atoms with Crippen molar-refractivity contribution < 1.29 is 33.2 Å². The minimum absolute atomic E-state index is 0.0960. The second-order valence-electron chi connectivity index (χ2n) is 18.6. The Bertz CT molecular complexity index is 3140. The van der Waals surface area contributed by atoms with Crippen molar-refractivity contribution in [1.82, 2.24) is 54.5 Å². The van der Waals surface area contributed by atoms with Crippen LogP contribution in [0.4, 0.5) is 5.69 Å². The highest BCUT2D eigenvalue weighted by Crippen LogP contribution is 2.39. The van der Waals surface area contributed by atoms with E-state index in [-0.39, 0.29) is 48.4 Å². The van der Waals surface area contributed by atoms with Gasteiger partial charge < -0.3 is 33.6 Å². The molecule has 5 N–H and O–H groups in total. The number of anilines is 1. The first-order chi connectivity index (χ1) is 35.7. The summed E-state index contributed by atoms with van der Waals surface area (Å²) in [5.74, 6) is -0.751. The number of esters is 3. The highest BCUT2D eigenvalue weighted by atomic mass is 31.2. The molecule has 24 heteroatoms. The molecule has 0 unspecified atom stereocenters. The summed E-state index contributed by atoms with van der Waals surface area (Å²) in [6.07, 6.45) is 5.77. The molecule has 4 aliphatic rings. The van der Waals surface area contributed by atoms with Gasteiger partial charge in [-0.2, -0.15) is 9.97 Å². The number of aryl methyl sites for hydroxylation is 4. The zero-order valence-electron chi connectivity index (χ0n) is 44.8. The second kappa shape index (κ2) is 27.7. The van der Waals surface area contributed by atoms with E-state index in [1.165, 1.54) is 0 Å². The number of rotatable bonds is 26. The van der Waals surface area contributed by atoms with Crippen molar-refractivity contribution in [2.24, 2.45) is 0 Å². The van der Waals surface area contributed by atoms with Crippen molar-refractivity contribution in [3.63, 3.8) is 0 Å². The Morgan fingerprint density at radius 1 is 0.653 bits per heavy atom. The van der Waals surface area contributed by atoms with Crippen molar-refractivity contribution in [3.05, 3.63) is 82.6 Å². The maximum atomic E-state index is 13.9. The van der Waals surface area contributed by atoms with E-state index >= 15 is 0 Å². The van der Waals surface area contributed by atoms with E-state index in [4.69, 9.17) is 14.2 Å². The zero-order valence-corrected chi connectivity index (χ0v) is 45.7. The van der Waals surface area contributed by atoms with Gasteiger partial charge in [0.25, 0.3) is 11.1 Å². The average Bonchev–Trinajstić information content (AvgIpc) is 3.34. The first-order valence-corrected chi connectivity index (χ1v) is 27.5. The number of nitrogens with zero attached hydrogens (tertiary/aromatic N) is 7. The van der Waals surface area contributed by atoms with Gasteiger partial charge in [-0.25, -0.2) is 29.7 Å². The monoisotopic (exact) mass is 1060 g/mol. The van der Waals surface area contributed by atoms with Crippen molar-refractivity contribution in [3.8, 4) is 23.0 Å². The van der Waals surface area contributed by atoms with E-state index in [2.05, 4.69) is 52.3 Å². The molecule has 0 fully saturated rings. The summed E-state index contributed by atoms with van der Waals surface area (Å²) >= 11 is 0. The fourth-order valence-electron chi connectivity index (χ4n) is 8.38. The largest absolute Gasteiger partial charge is 0.466 e. The predicted octanol–water partition coefficient (Wildman–Crippen LogP) is 4.71. The van der Waals surface area contributed by atoms with Gasteiger partial charge in [0.2, 0.25) is 7.44 Å². The number of benzene rings is 2. The lowest BCUT2D eigenvalue weighted by molar-refractivity contribution is -0.145. The van der Waals surface area contributed by atoms with E-state index in [9.17, 15) is 38.1 Å². The molecule has 0 radical (unpaired) electrons. The van der Waals surface area contributed by atoms with Crippen LogP contribution in [0.25, 0.3) is 45.1 Å². The summed E-state index contributed by atoms with van der Waals surface area (Å²) in [5, 5.41) is 9.04. The SMILES string of the molecule is CCCCOC(=O)CCCNCCn1c2nc(=O)[nH]c(=O)c-2nc2cc(C)c(C)cc21.CCOC(=O)[C@H](C)NP(=O)(CCCCCCn1c2nc(=O)[nH]c(=O)c-2nc2cc(C)c(N(C)C)cc21)N[C@@H](C)C(=O)OCC. The van der Waals surface area contributed by atoms with Gasteiger partial charge in [-0.05, 0) is 122 Å². The molecule has 4 heterocycles. The van der Waals surface area contributed by atoms with Crippen LogP contribution >= 0.6 is 7.44 Å². The normalized spacial score (nSPS) is 12.4. The molecule has 2 aromatic carbocycles. The third kappa shape index (κ3) is 16.2. The number of hydrogen-bond donors (Lipinski definition) is 5. The van der Waals surface area contributed by atoms with E-state index < -0.39 is 54.0 Å². The van der Waals surface area contributed by atoms with Crippen molar-refractivity contribution in [2.45, 2.75) is 132 Å². The van der Waals surface area contributed by atoms with Crippen LogP contribution in [0, 0.1) is 20.8 Å². The first-order valence-electron chi connectivity index (χ1n) is 25.6. The van der Waals surface area contributed by atoms with Crippen LogP contribution in [0.1, 0.15) is 103 Å². The number of carbonyl (C=O) groups excluding carboxylic acids is 3. The second-order valence-corrected chi connectivity index (χ2v) is 21.0. The van der Waals surface area contributed by atoms with Gasteiger partial charge in [0.05, 0.1) is 41.9 Å². The number of fused-ring (bicyclic) bond motifs is 4. The minimum atomic E-state index is -3.39. The fraction of sp³-hybridized carbons (Fsp3) is 0.549. The van der Waals surface area contributed by atoms with Crippen molar-refractivity contribution >= 4 is 53.1 Å². The first kappa shape index (κ1) is 59.2. The number of ether oxygens (including phenoxy) is 3. The molecule has 0 amide bonds. The summed E-state index contributed by atoms with van der Waals surface area (Å²) in [7, 11) is 0.487. The zero-order chi connectivity index (χ0) is 55.0. The number of unbranched alkanes of at least 4 members (excludes halogenated alkanes) is 4. The standard InChI is InChI=1S/C29H44N7O7P.C22H29N5O4/c1-8-42-27(38)19(4)33-44(41,34-20(5)28(39)43-9-2)15-13-11-10-12-14-36-23-17-22(35(6)7)18(3)16-21(23)30-24-25(36)31-29(40)32-26(24)37;1-4-5-11-31-18(28)7-6-8-23-9-10-27-17-13-15(3)14(2)12-16(17)24-19-20(27)25-22(30)26-21(19)29/h16-17,19-20H,8-15H2,1-7H3,(H,32,37,40)(H2,33,34,41);12-13,23H,4-11H2,1-3H3,(H,26,29,30)/t19-,20-;/m0./s1. The molecule has 0 aromatic heterocycles. The lowest BCUT2D eigenvalue weighted by Crippen LogP contribution is -2.42. The molecular formula is C51H73N12O11P. The highest BCUT2D eigenvalue weighted by Gasteiger charge is 2.31. The third-order valence-corrected chi connectivity index (χ3v) is 14.9. The lowest BCUT2D eigenvalue weighted by atomic mass is 10.1. The van der Waals surface area contributed by atoms with Crippen LogP contribution in [0.5, 0.6) is 0 Å². The summed E-state index contributed by atoms with van der Waals surface area (Å²) in [5.41, 5.74) is 4.68. The number of aromatic amines is 2. The molecule has 0 aliphatic carbocycles. The number of hydrogen-bond acceptors (Lipinski definition) is 17. The molecule has 75 heavy (non-hydrogen) atoms. The van der Waals surface area contributed by atoms with E-state index in [1.54, 1.807) is 27.7 Å². The molecule has 0 saturated carbocycles. The molecule has 2 atom stereocenters. The molecule has 6 rings (SSSR count). The average molecular weight is 1060 g/mol. The maximum absolute atomic E-state index is 13.9. The number of nitrogens with one attached hydrogen (secondary N) is 5. The highest BCUT2D eigenvalue weighted by molar-refractivity contribution is 7.59. The van der Waals surface area contributed by atoms with Gasteiger partial charge in [-0.1, -0.05) is 26.2 Å². The molecule has 0 saturated heterocycles. The van der Waals surface area contributed by atoms with Crippen molar-refractivity contribution in [1.29, 1.82) is 0 Å². The van der Waals surface area contributed by atoms with Gasteiger partial charge in [-0.3, -0.25) is 38.5 Å². The maximum Gasteiger partial charge on any atom is 0.349 e. The van der Waals surface area contributed by atoms with Crippen LogP contribution in [-0.2, 0) is 46.2 Å². The van der Waals surface area contributed by atoms with Gasteiger partial charge in [0, 0.05) is 52.0 Å². The minimum Gasteiger partial charge on any atom is -0.466 e. The molecule has 23 nitrogen and oxygen atoms in total. The quantitative estimate of drug-likeness (QED) is 0.0162. The Balaban J connectivity index is 0.000000294. The van der Waals surface area contributed by atoms with Crippen LogP contribution in [0.3, 0.4) is 0 Å². The molecule has 0 spiro atoms. The Hall–Kier alpha value is -6.68. The van der Waals surface area contributed by atoms with Crippen LogP contribution < -0.4 is 42.9 Å². The fourth-order valence-corrected chi connectivity index (χ4v) is 10.8. The molecule has 408 valence electrons. The Labute approximate surface area is 435 Å².